The largest absolute Gasteiger partial charge is 0.431 e. The molecule has 0 saturated carbocycles. The van der Waals surface area contributed by atoms with Crippen molar-refractivity contribution < 1.29 is 18.4 Å². The highest BCUT2D eigenvalue weighted by Crippen LogP contribution is 2.13. The van der Waals surface area contributed by atoms with E-state index in [0.717, 1.165) is 0 Å². The van der Waals surface area contributed by atoms with Gasteiger partial charge in [-0.15, -0.1) is 0 Å². The van der Waals surface area contributed by atoms with Crippen LogP contribution in [0.1, 0.15) is 0 Å². The minimum absolute atomic E-state index is 0.659. The van der Waals surface area contributed by atoms with E-state index in [2.05, 4.69) is 0 Å². The number of aliphatic hydroxyl groups excluding tert-OH is 2. The fourth-order valence-electron chi connectivity index (χ4n) is 0.663. The first-order valence-corrected chi connectivity index (χ1v) is 9.05. The minimum atomic E-state index is -3.66. The van der Waals surface area contributed by atoms with Crippen molar-refractivity contribution in [3.63, 3.8) is 0 Å². The highest BCUT2D eigenvalue weighted by molar-refractivity contribution is 6.82. The number of hydrogen-bond donors (Lipinski definition) is 2. The average Bonchev–Trinajstić information content (AvgIpc) is 1.84. The molecule has 3 nitrogen and oxygen atoms in total. The van der Waals surface area contributed by atoms with E-state index in [1.165, 1.54) is 0 Å². The number of rotatable bonds is 4. The van der Waals surface area contributed by atoms with Crippen LogP contribution in [0.25, 0.3) is 0 Å². The molecule has 0 aromatic carbocycles. The lowest BCUT2D eigenvalue weighted by Crippen LogP contribution is -2.50. The van der Waals surface area contributed by atoms with Crippen LogP contribution in [-0.2, 0) is 4.12 Å². The standard InChI is InChI=1S/C5H15FO3Si2/c1-10(2,3)9-11(6,4-7)5-8/h7-8H,4-5H2,1-3H3. The number of aliphatic hydroxyl groups is 2. The Morgan fingerprint density at radius 1 is 1.18 bits per heavy atom. The highest BCUT2D eigenvalue weighted by Gasteiger charge is 2.39. The van der Waals surface area contributed by atoms with Crippen molar-refractivity contribution in [3.05, 3.63) is 0 Å². The maximum absolute atomic E-state index is 13.2. The molecule has 0 bridgehead atoms. The van der Waals surface area contributed by atoms with Gasteiger partial charge >= 0.3 is 8.65 Å². The van der Waals surface area contributed by atoms with Crippen LogP contribution in [0, 0.1) is 0 Å². The second-order valence-electron chi connectivity index (χ2n) is 3.41. The molecule has 2 N–H and O–H groups in total. The van der Waals surface area contributed by atoms with Crippen LogP contribution >= 0.6 is 0 Å². The van der Waals surface area contributed by atoms with Gasteiger partial charge in [-0.3, -0.25) is 4.11 Å². The van der Waals surface area contributed by atoms with Gasteiger partial charge in [-0.2, -0.15) is 0 Å². The predicted octanol–water partition coefficient (Wildman–Crippen LogP) is 0.313. The molecule has 0 atom stereocenters. The molecule has 11 heavy (non-hydrogen) atoms. The zero-order valence-electron chi connectivity index (χ0n) is 7.09. The van der Waals surface area contributed by atoms with Crippen molar-refractivity contribution in [2.75, 3.05) is 12.5 Å². The summed E-state index contributed by atoms with van der Waals surface area (Å²) in [6.45, 7) is 5.46. The van der Waals surface area contributed by atoms with Crippen LogP contribution in [0.15, 0.2) is 0 Å². The van der Waals surface area contributed by atoms with E-state index in [1.54, 1.807) is 0 Å². The molecule has 0 aliphatic heterocycles. The summed E-state index contributed by atoms with van der Waals surface area (Å²) < 4.78 is 18.2. The van der Waals surface area contributed by atoms with E-state index < -0.39 is 29.4 Å². The van der Waals surface area contributed by atoms with Crippen molar-refractivity contribution in [1.29, 1.82) is 0 Å². The van der Waals surface area contributed by atoms with Gasteiger partial charge in [0.15, 0.2) is 8.32 Å². The van der Waals surface area contributed by atoms with Crippen LogP contribution in [0.5, 0.6) is 0 Å². The van der Waals surface area contributed by atoms with Crippen LogP contribution in [0.3, 0.4) is 0 Å². The van der Waals surface area contributed by atoms with Crippen LogP contribution in [-0.4, -0.2) is 39.6 Å². The van der Waals surface area contributed by atoms with Gasteiger partial charge in [0, 0.05) is 0 Å². The summed E-state index contributed by atoms with van der Waals surface area (Å²) in [7, 11) is -5.63. The Morgan fingerprint density at radius 3 is 1.64 bits per heavy atom. The van der Waals surface area contributed by atoms with Gasteiger partial charge < -0.3 is 14.3 Å². The number of halogens is 1. The molecule has 68 valence electrons. The summed E-state index contributed by atoms with van der Waals surface area (Å²) in [5, 5.41) is 17.1. The minimum Gasteiger partial charge on any atom is -0.431 e. The highest BCUT2D eigenvalue weighted by atomic mass is 28.5. The van der Waals surface area contributed by atoms with Gasteiger partial charge in [-0.25, -0.2) is 0 Å². The third-order valence-corrected chi connectivity index (χ3v) is 5.82. The van der Waals surface area contributed by atoms with Gasteiger partial charge in [-0.05, 0) is 19.6 Å². The van der Waals surface area contributed by atoms with Gasteiger partial charge in [0.25, 0.3) is 0 Å². The third kappa shape index (κ3) is 4.64. The molecule has 0 spiro atoms. The first-order chi connectivity index (χ1) is 4.83. The fourth-order valence-corrected chi connectivity index (χ4v) is 5.67. The summed E-state index contributed by atoms with van der Waals surface area (Å²) in [5.41, 5.74) is 0. The number of hydrogen-bond acceptors (Lipinski definition) is 3. The first kappa shape index (κ1) is 11.2. The van der Waals surface area contributed by atoms with Crippen molar-refractivity contribution in [2.45, 2.75) is 19.6 Å². The zero-order valence-corrected chi connectivity index (χ0v) is 9.09. The molecule has 0 radical (unpaired) electrons. The Morgan fingerprint density at radius 2 is 1.55 bits per heavy atom. The van der Waals surface area contributed by atoms with E-state index >= 15 is 0 Å². The molecular formula is C5H15FO3Si2. The molecule has 0 unspecified atom stereocenters. The average molecular weight is 198 g/mol. The molecule has 6 heteroatoms. The van der Waals surface area contributed by atoms with E-state index in [9.17, 15) is 4.11 Å². The van der Waals surface area contributed by atoms with Gasteiger partial charge in [0.05, 0.1) is 12.5 Å². The van der Waals surface area contributed by atoms with Crippen LogP contribution in [0.2, 0.25) is 19.6 Å². The summed E-state index contributed by atoms with van der Waals surface area (Å²) in [5.74, 6) is 0. The van der Waals surface area contributed by atoms with Gasteiger partial charge in [0.2, 0.25) is 0 Å². The monoisotopic (exact) mass is 198 g/mol. The van der Waals surface area contributed by atoms with Crippen LogP contribution in [0.4, 0.5) is 4.11 Å². The maximum Gasteiger partial charge on any atom is 0.424 e. The second-order valence-corrected chi connectivity index (χ2v) is 10.9. The Kier molecular flexibility index (Phi) is 3.85. The van der Waals surface area contributed by atoms with Crippen molar-refractivity contribution >= 4 is 17.0 Å². The van der Waals surface area contributed by atoms with Crippen LogP contribution < -0.4 is 0 Å². The first-order valence-electron chi connectivity index (χ1n) is 3.44. The fraction of sp³-hybridized carbons (Fsp3) is 1.00. The molecule has 0 aromatic heterocycles. The Bertz CT molecular complexity index is 121. The summed E-state index contributed by atoms with van der Waals surface area (Å²) in [6, 6.07) is 0. The van der Waals surface area contributed by atoms with Crippen molar-refractivity contribution in [2.24, 2.45) is 0 Å². The molecular weight excluding hydrogens is 183 g/mol. The molecule has 0 aliphatic carbocycles. The zero-order chi connectivity index (χ0) is 9.12. The lowest BCUT2D eigenvalue weighted by molar-refractivity contribution is 0.253. The maximum atomic E-state index is 13.2. The molecule has 0 rings (SSSR count). The molecule has 0 aromatic rings. The topological polar surface area (TPSA) is 49.7 Å². The summed E-state index contributed by atoms with van der Waals surface area (Å²) >= 11 is 0. The Labute approximate surface area is 68.2 Å². The van der Waals surface area contributed by atoms with E-state index in [4.69, 9.17) is 14.3 Å². The van der Waals surface area contributed by atoms with E-state index in [1.807, 2.05) is 19.6 Å². The molecule has 0 fully saturated rings. The normalized spacial score (nSPS) is 13.6. The molecule has 0 heterocycles. The van der Waals surface area contributed by atoms with Crippen molar-refractivity contribution in [3.8, 4) is 0 Å². The Balaban J connectivity index is 4.08. The third-order valence-electron chi connectivity index (χ3n) is 0.961. The van der Waals surface area contributed by atoms with Gasteiger partial charge in [-0.1, -0.05) is 0 Å². The smallest absolute Gasteiger partial charge is 0.424 e. The Hall–Kier alpha value is 0.244. The van der Waals surface area contributed by atoms with E-state index in [0.29, 0.717) is 0 Å². The van der Waals surface area contributed by atoms with Gasteiger partial charge in [0.1, 0.15) is 0 Å². The quantitative estimate of drug-likeness (QED) is 0.505. The second kappa shape index (κ2) is 3.77. The molecule has 0 amide bonds. The molecule has 0 saturated heterocycles. The summed E-state index contributed by atoms with van der Waals surface area (Å²) in [4.78, 5) is 0. The van der Waals surface area contributed by atoms with E-state index in [-0.39, 0.29) is 0 Å². The lowest BCUT2D eigenvalue weighted by atomic mass is 11.7. The predicted molar refractivity (Wildman–Crippen MR) is 45.5 cm³/mol. The SMILES string of the molecule is C[Si](C)(C)O[Si](F)(CO)CO. The lowest BCUT2D eigenvalue weighted by Gasteiger charge is -2.26. The molecule has 0 aliphatic rings. The van der Waals surface area contributed by atoms with Crippen molar-refractivity contribution in [1.82, 2.24) is 0 Å². The summed E-state index contributed by atoms with van der Waals surface area (Å²) in [6.07, 6.45) is -1.32.